The molecule has 1 aliphatic rings. The average molecular weight is 332 g/mol. The van der Waals surface area contributed by atoms with Crippen LogP contribution in [0.1, 0.15) is 59.4 Å². The Morgan fingerprint density at radius 3 is 2.42 bits per heavy atom. The molecule has 3 heteroatoms. The molecule has 2 rings (SSSR count). The summed E-state index contributed by atoms with van der Waals surface area (Å²) in [6.45, 7) is 12.2. The summed E-state index contributed by atoms with van der Waals surface area (Å²) in [6, 6.07) is 8.21. The lowest BCUT2D eigenvalue weighted by molar-refractivity contribution is -0.151. The molecule has 134 valence electrons. The molecule has 0 N–H and O–H groups in total. The number of benzene rings is 1. The Kier molecular flexibility index (Phi) is 6.31. The minimum absolute atomic E-state index is 0.112. The van der Waals surface area contributed by atoms with Gasteiger partial charge in [-0.3, -0.25) is 4.79 Å². The fraction of sp³-hybridized carbons (Fsp3) is 0.667. The van der Waals surface area contributed by atoms with Crippen LogP contribution in [0, 0.1) is 11.8 Å². The van der Waals surface area contributed by atoms with E-state index in [-0.39, 0.29) is 11.8 Å². The topological polar surface area (TPSA) is 29.5 Å². The van der Waals surface area contributed by atoms with Gasteiger partial charge in [-0.25, -0.2) is 0 Å². The van der Waals surface area contributed by atoms with E-state index >= 15 is 0 Å². The molecule has 0 aromatic heterocycles. The molecule has 0 aliphatic carbocycles. The first-order chi connectivity index (χ1) is 11.3. The summed E-state index contributed by atoms with van der Waals surface area (Å²) in [5.41, 5.74) is 0.451. The second-order valence-electron chi connectivity index (χ2n) is 7.96. The standard InChI is InChI=1S/C21H33NO2/c1-16(2)14-18-10-9-11-19(15-18)24-21(5,17(3)4)20(23)22-12-7-6-8-13-22/h9-11,15-17H,6-8,12-14H2,1-5H3. The third kappa shape index (κ3) is 4.52. The number of rotatable bonds is 6. The minimum Gasteiger partial charge on any atom is -0.477 e. The van der Waals surface area contributed by atoms with Gasteiger partial charge in [-0.15, -0.1) is 0 Å². The molecular formula is C21H33NO2. The molecule has 24 heavy (non-hydrogen) atoms. The second kappa shape index (κ2) is 8.04. The fourth-order valence-electron chi connectivity index (χ4n) is 3.27. The Labute approximate surface area is 147 Å². The maximum Gasteiger partial charge on any atom is 0.266 e. The van der Waals surface area contributed by atoms with Crippen LogP contribution < -0.4 is 4.74 Å². The van der Waals surface area contributed by atoms with Crippen molar-refractivity contribution >= 4 is 5.91 Å². The number of amides is 1. The van der Waals surface area contributed by atoms with Crippen LogP contribution in [-0.4, -0.2) is 29.5 Å². The Hall–Kier alpha value is -1.51. The van der Waals surface area contributed by atoms with Crippen LogP contribution in [0.15, 0.2) is 24.3 Å². The molecule has 1 amide bonds. The predicted molar refractivity (Wildman–Crippen MR) is 99.3 cm³/mol. The van der Waals surface area contributed by atoms with Crippen molar-refractivity contribution in [2.75, 3.05) is 13.1 Å². The van der Waals surface area contributed by atoms with Crippen LogP contribution in [-0.2, 0) is 11.2 Å². The Balaban J connectivity index is 2.19. The van der Waals surface area contributed by atoms with Gasteiger partial charge in [-0.05, 0) is 56.2 Å². The predicted octanol–water partition coefficient (Wildman–Crippen LogP) is 4.69. The first kappa shape index (κ1) is 18.8. The molecule has 1 aromatic rings. The molecule has 1 aromatic carbocycles. The maximum atomic E-state index is 13.1. The van der Waals surface area contributed by atoms with Crippen LogP contribution in [0.2, 0.25) is 0 Å². The van der Waals surface area contributed by atoms with E-state index in [0.717, 1.165) is 38.1 Å². The SMILES string of the molecule is CC(C)Cc1cccc(OC(C)(C(=O)N2CCCCC2)C(C)C)c1. The van der Waals surface area contributed by atoms with E-state index in [9.17, 15) is 4.79 Å². The molecule has 1 fully saturated rings. The highest BCUT2D eigenvalue weighted by Crippen LogP contribution is 2.29. The van der Waals surface area contributed by atoms with E-state index in [2.05, 4.69) is 39.8 Å². The van der Waals surface area contributed by atoms with Crippen LogP contribution in [0.5, 0.6) is 5.75 Å². The Morgan fingerprint density at radius 1 is 1.17 bits per heavy atom. The van der Waals surface area contributed by atoms with Crippen LogP contribution in [0.4, 0.5) is 0 Å². The summed E-state index contributed by atoms with van der Waals surface area (Å²) in [5.74, 6) is 1.65. The Bertz CT molecular complexity index is 547. The monoisotopic (exact) mass is 331 g/mol. The molecule has 0 bridgehead atoms. The van der Waals surface area contributed by atoms with E-state index in [1.165, 1.54) is 12.0 Å². The molecule has 0 spiro atoms. The first-order valence-electron chi connectivity index (χ1n) is 9.40. The van der Waals surface area contributed by atoms with E-state index in [0.29, 0.717) is 5.92 Å². The zero-order chi connectivity index (χ0) is 17.7. The summed E-state index contributed by atoms with van der Waals surface area (Å²) < 4.78 is 6.31. The van der Waals surface area contributed by atoms with Crippen molar-refractivity contribution in [2.24, 2.45) is 11.8 Å². The zero-order valence-electron chi connectivity index (χ0n) is 16.0. The van der Waals surface area contributed by atoms with E-state index < -0.39 is 5.60 Å². The fourth-order valence-corrected chi connectivity index (χ4v) is 3.27. The summed E-state index contributed by atoms with van der Waals surface area (Å²) >= 11 is 0. The quantitative estimate of drug-likeness (QED) is 0.757. The maximum absolute atomic E-state index is 13.1. The van der Waals surface area contributed by atoms with Crippen molar-refractivity contribution in [2.45, 2.75) is 65.9 Å². The van der Waals surface area contributed by atoms with Gasteiger partial charge in [0.1, 0.15) is 5.75 Å². The summed E-state index contributed by atoms with van der Waals surface area (Å²) in [7, 11) is 0. The lowest BCUT2D eigenvalue weighted by Crippen LogP contribution is -2.55. The molecule has 1 saturated heterocycles. The number of ether oxygens (including phenoxy) is 1. The van der Waals surface area contributed by atoms with E-state index in [4.69, 9.17) is 4.74 Å². The molecule has 1 unspecified atom stereocenters. The van der Waals surface area contributed by atoms with Crippen LogP contribution in [0.25, 0.3) is 0 Å². The van der Waals surface area contributed by atoms with E-state index in [1.54, 1.807) is 0 Å². The number of carbonyl (C=O) groups is 1. The number of hydrogen-bond acceptors (Lipinski definition) is 2. The van der Waals surface area contributed by atoms with Gasteiger partial charge in [0.2, 0.25) is 0 Å². The van der Waals surface area contributed by atoms with Gasteiger partial charge in [0.25, 0.3) is 5.91 Å². The van der Waals surface area contributed by atoms with E-state index in [1.807, 2.05) is 24.0 Å². The van der Waals surface area contributed by atoms with Gasteiger partial charge < -0.3 is 9.64 Å². The third-order valence-electron chi connectivity index (χ3n) is 5.04. The highest BCUT2D eigenvalue weighted by atomic mass is 16.5. The highest BCUT2D eigenvalue weighted by molar-refractivity contribution is 5.85. The summed E-state index contributed by atoms with van der Waals surface area (Å²) in [6.07, 6.45) is 4.45. The van der Waals surface area contributed by atoms with Crippen molar-refractivity contribution in [1.29, 1.82) is 0 Å². The summed E-state index contributed by atoms with van der Waals surface area (Å²) in [5, 5.41) is 0. The van der Waals surface area contributed by atoms with Gasteiger partial charge in [0.05, 0.1) is 0 Å². The van der Waals surface area contributed by atoms with Crippen molar-refractivity contribution < 1.29 is 9.53 Å². The average Bonchev–Trinajstić information content (AvgIpc) is 2.54. The van der Waals surface area contributed by atoms with Crippen LogP contribution in [0.3, 0.4) is 0 Å². The number of hydrogen-bond donors (Lipinski definition) is 0. The number of likely N-dealkylation sites (tertiary alicyclic amines) is 1. The van der Waals surface area contributed by atoms with Gasteiger partial charge in [-0.1, -0.05) is 39.8 Å². The molecule has 3 nitrogen and oxygen atoms in total. The third-order valence-corrected chi connectivity index (χ3v) is 5.04. The van der Waals surface area contributed by atoms with Crippen molar-refractivity contribution in [3.05, 3.63) is 29.8 Å². The molecule has 0 saturated carbocycles. The number of nitrogens with zero attached hydrogens (tertiary/aromatic N) is 1. The normalized spacial score (nSPS) is 17.9. The molecule has 1 atom stereocenters. The number of piperidine rings is 1. The van der Waals surface area contributed by atoms with Crippen molar-refractivity contribution in [3.8, 4) is 5.75 Å². The second-order valence-corrected chi connectivity index (χ2v) is 7.96. The zero-order valence-corrected chi connectivity index (χ0v) is 16.0. The number of carbonyl (C=O) groups excluding carboxylic acids is 1. The van der Waals surface area contributed by atoms with Gasteiger partial charge in [0, 0.05) is 19.0 Å². The highest BCUT2D eigenvalue weighted by Gasteiger charge is 2.42. The van der Waals surface area contributed by atoms with Crippen LogP contribution >= 0.6 is 0 Å². The molecule has 1 heterocycles. The molecular weight excluding hydrogens is 298 g/mol. The smallest absolute Gasteiger partial charge is 0.266 e. The lowest BCUT2D eigenvalue weighted by Gasteiger charge is -2.39. The molecule has 0 radical (unpaired) electrons. The Morgan fingerprint density at radius 2 is 1.83 bits per heavy atom. The molecule has 1 aliphatic heterocycles. The van der Waals surface area contributed by atoms with Crippen molar-refractivity contribution in [1.82, 2.24) is 4.90 Å². The summed E-state index contributed by atoms with van der Waals surface area (Å²) in [4.78, 5) is 15.1. The first-order valence-corrected chi connectivity index (χ1v) is 9.40. The lowest BCUT2D eigenvalue weighted by atomic mass is 9.89. The van der Waals surface area contributed by atoms with Gasteiger partial charge in [0.15, 0.2) is 5.60 Å². The van der Waals surface area contributed by atoms with Crippen molar-refractivity contribution in [3.63, 3.8) is 0 Å². The minimum atomic E-state index is -0.812. The largest absolute Gasteiger partial charge is 0.477 e. The van der Waals surface area contributed by atoms with Gasteiger partial charge >= 0.3 is 0 Å². The van der Waals surface area contributed by atoms with Gasteiger partial charge in [-0.2, -0.15) is 0 Å².